The van der Waals surface area contributed by atoms with Crippen LogP contribution in [0.15, 0.2) is 41.5 Å². The van der Waals surface area contributed by atoms with Crippen LogP contribution in [0.4, 0.5) is 5.82 Å². The van der Waals surface area contributed by atoms with Gasteiger partial charge in [0.25, 0.3) is 0 Å². The normalized spacial score (nSPS) is 15.5. The van der Waals surface area contributed by atoms with Gasteiger partial charge in [0.1, 0.15) is 11.6 Å². The summed E-state index contributed by atoms with van der Waals surface area (Å²) in [5.74, 6) is 2.28. The van der Waals surface area contributed by atoms with Crippen LogP contribution in [0.25, 0.3) is 0 Å². The third kappa shape index (κ3) is 5.15. The number of hydrogen-bond donors (Lipinski definition) is 3. The van der Waals surface area contributed by atoms with Crippen molar-refractivity contribution in [3.63, 3.8) is 0 Å². The standard InChI is InChI=1S/C22H31N5O/c1-4-23-22(25-15-18-13-16(2)21(28)17(3)14-18)26-19-8-11-27(12-9-19)20-7-5-6-10-24-20/h5-7,10,13-14,19,28H,4,8-9,11-12,15H2,1-3H3,(H2,23,25,26). The lowest BCUT2D eigenvalue weighted by atomic mass is 10.1. The number of aromatic nitrogens is 1. The summed E-state index contributed by atoms with van der Waals surface area (Å²) in [6.45, 7) is 9.32. The second-order valence-electron chi connectivity index (χ2n) is 7.37. The molecule has 0 atom stereocenters. The molecule has 28 heavy (non-hydrogen) atoms. The second kappa shape index (κ2) is 9.44. The Bertz CT molecular complexity index is 775. The van der Waals surface area contributed by atoms with Gasteiger partial charge >= 0.3 is 0 Å². The molecule has 1 saturated heterocycles. The molecule has 2 heterocycles. The van der Waals surface area contributed by atoms with Gasteiger partial charge in [-0.2, -0.15) is 0 Å². The van der Waals surface area contributed by atoms with E-state index in [-0.39, 0.29) is 0 Å². The quantitative estimate of drug-likeness (QED) is 0.548. The van der Waals surface area contributed by atoms with Gasteiger partial charge in [0.15, 0.2) is 5.96 Å². The van der Waals surface area contributed by atoms with E-state index < -0.39 is 0 Å². The van der Waals surface area contributed by atoms with E-state index in [9.17, 15) is 5.11 Å². The molecule has 0 unspecified atom stereocenters. The molecule has 3 N–H and O–H groups in total. The number of nitrogens with zero attached hydrogens (tertiary/aromatic N) is 3. The molecule has 1 fully saturated rings. The van der Waals surface area contributed by atoms with Crippen LogP contribution in [0, 0.1) is 13.8 Å². The number of rotatable bonds is 5. The Morgan fingerprint density at radius 3 is 2.54 bits per heavy atom. The van der Waals surface area contributed by atoms with Crippen LogP contribution in [0.5, 0.6) is 5.75 Å². The minimum atomic E-state index is 0.373. The van der Waals surface area contributed by atoms with Gasteiger partial charge < -0.3 is 20.6 Å². The fourth-order valence-electron chi connectivity index (χ4n) is 3.61. The average Bonchev–Trinajstić information content (AvgIpc) is 2.71. The largest absolute Gasteiger partial charge is 0.507 e. The number of pyridine rings is 1. The molecule has 1 aliphatic rings. The number of aliphatic imine (C=N–C) groups is 1. The molecule has 0 bridgehead atoms. The summed E-state index contributed by atoms with van der Waals surface area (Å²) in [4.78, 5) is 11.5. The summed E-state index contributed by atoms with van der Waals surface area (Å²) < 4.78 is 0. The Morgan fingerprint density at radius 2 is 1.93 bits per heavy atom. The Labute approximate surface area is 167 Å². The highest BCUT2D eigenvalue weighted by atomic mass is 16.3. The first-order chi connectivity index (χ1) is 13.6. The molecule has 6 heteroatoms. The van der Waals surface area contributed by atoms with Crippen LogP contribution in [0.2, 0.25) is 0 Å². The molecule has 0 spiro atoms. The molecule has 2 aromatic rings. The number of guanidine groups is 1. The Hall–Kier alpha value is -2.76. The highest BCUT2D eigenvalue weighted by Crippen LogP contribution is 2.23. The van der Waals surface area contributed by atoms with Gasteiger partial charge in [-0.25, -0.2) is 9.98 Å². The molecule has 0 amide bonds. The molecular formula is C22H31N5O. The Kier molecular flexibility index (Phi) is 6.74. The van der Waals surface area contributed by atoms with Gasteiger partial charge in [0.05, 0.1) is 6.54 Å². The smallest absolute Gasteiger partial charge is 0.191 e. The zero-order valence-corrected chi connectivity index (χ0v) is 17.1. The van der Waals surface area contributed by atoms with E-state index >= 15 is 0 Å². The van der Waals surface area contributed by atoms with E-state index in [4.69, 9.17) is 4.99 Å². The lowest BCUT2D eigenvalue weighted by molar-refractivity contribution is 0.459. The molecule has 1 aromatic carbocycles. The summed E-state index contributed by atoms with van der Waals surface area (Å²) in [5.41, 5.74) is 2.89. The third-order valence-electron chi connectivity index (χ3n) is 5.12. The van der Waals surface area contributed by atoms with E-state index in [1.54, 1.807) is 0 Å². The monoisotopic (exact) mass is 381 g/mol. The minimum Gasteiger partial charge on any atom is -0.507 e. The minimum absolute atomic E-state index is 0.373. The van der Waals surface area contributed by atoms with E-state index in [1.165, 1.54) is 0 Å². The number of anilines is 1. The third-order valence-corrected chi connectivity index (χ3v) is 5.12. The first-order valence-electron chi connectivity index (χ1n) is 10.1. The molecular weight excluding hydrogens is 350 g/mol. The molecule has 1 aromatic heterocycles. The van der Waals surface area contributed by atoms with Crippen molar-refractivity contribution in [2.45, 2.75) is 46.2 Å². The zero-order valence-electron chi connectivity index (χ0n) is 17.1. The topological polar surface area (TPSA) is 72.8 Å². The lowest BCUT2D eigenvalue weighted by Crippen LogP contribution is -2.48. The number of aromatic hydroxyl groups is 1. The Balaban J connectivity index is 1.58. The van der Waals surface area contributed by atoms with Gasteiger partial charge in [0.2, 0.25) is 0 Å². The number of benzene rings is 1. The summed E-state index contributed by atoms with van der Waals surface area (Å²) in [6.07, 6.45) is 3.96. The van der Waals surface area contributed by atoms with Gasteiger partial charge in [-0.15, -0.1) is 0 Å². The van der Waals surface area contributed by atoms with Crippen LogP contribution < -0.4 is 15.5 Å². The molecule has 0 radical (unpaired) electrons. The fraction of sp³-hybridized carbons (Fsp3) is 0.455. The summed E-state index contributed by atoms with van der Waals surface area (Å²) in [6, 6.07) is 10.5. The number of nitrogens with one attached hydrogen (secondary N) is 2. The van der Waals surface area contributed by atoms with Gasteiger partial charge in [-0.3, -0.25) is 0 Å². The molecule has 6 nitrogen and oxygen atoms in total. The van der Waals surface area contributed by atoms with Crippen molar-refractivity contribution >= 4 is 11.8 Å². The van der Waals surface area contributed by atoms with Crippen molar-refractivity contribution in [1.82, 2.24) is 15.6 Å². The van der Waals surface area contributed by atoms with Crippen LogP contribution in [0.3, 0.4) is 0 Å². The highest BCUT2D eigenvalue weighted by molar-refractivity contribution is 5.80. The van der Waals surface area contributed by atoms with Crippen molar-refractivity contribution in [1.29, 1.82) is 0 Å². The average molecular weight is 382 g/mol. The summed E-state index contributed by atoms with van der Waals surface area (Å²) >= 11 is 0. The first kappa shape index (κ1) is 20.0. The van der Waals surface area contributed by atoms with Crippen LogP contribution in [0.1, 0.15) is 36.5 Å². The van der Waals surface area contributed by atoms with Crippen molar-refractivity contribution < 1.29 is 5.11 Å². The lowest BCUT2D eigenvalue weighted by Gasteiger charge is -2.33. The second-order valence-corrected chi connectivity index (χ2v) is 7.37. The zero-order chi connectivity index (χ0) is 19.9. The van der Waals surface area contributed by atoms with Crippen molar-refractivity contribution in [2.24, 2.45) is 4.99 Å². The molecule has 0 saturated carbocycles. The SMILES string of the molecule is CCNC(=NCc1cc(C)c(O)c(C)c1)NC1CCN(c2ccccn2)CC1. The first-order valence-corrected chi connectivity index (χ1v) is 10.1. The maximum atomic E-state index is 9.94. The van der Waals surface area contributed by atoms with Crippen LogP contribution in [-0.4, -0.2) is 41.7 Å². The van der Waals surface area contributed by atoms with E-state index in [0.29, 0.717) is 18.3 Å². The predicted octanol–water partition coefficient (Wildman–Crippen LogP) is 3.13. The fourth-order valence-corrected chi connectivity index (χ4v) is 3.61. The van der Waals surface area contributed by atoms with Crippen molar-refractivity contribution in [2.75, 3.05) is 24.5 Å². The number of phenols is 1. The van der Waals surface area contributed by atoms with Crippen LogP contribution >= 0.6 is 0 Å². The number of phenolic OH excluding ortho intramolecular Hbond substituents is 1. The highest BCUT2D eigenvalue weighted by Gasteiger charge is 2.20. The van der Waals surface area contributed by atoms with Gasteiger partial charge in [-0.1, -0.05) is 18.2 Å². The molecule has 150 valence electrons. The maximum absolute atomic E-state index is 9.94. The molecule has 1 aliphatic heterocycles. The van der Waals surface area contributed by atoms with E-state index in [2.05, 4.69) is 33.5 Å². The van der Waals surface area contributed by atoms with Crippen LogP contribution in [-0.2, 0) is 6.54 Å². The molecule has 3 rings (SSSR count). The number of aryl methyl sites for hydroxylation is 2. The number of hydrogen-bond acceptors (Lipinski definition) is 4. The van der Waals surface area contributed by atoms with E-state index in [0.717, 1.165) is 60.9 Å². The predicted molar refractivity (Wildman–Crippen MR) is 115 cm³/mol. The summed E-state index contributed by atoms with van der Waals surface area (Å²) in [7, 11) is 0. The number of piperidine rings is 1. The molecule has 0 aliphatic carbocycles. The van der Waals surface area contributed by atoms with Crippen molar-refractivity contribution in [3.05, 3.63) is 53.2 Å². The van der Waals surface area contributed by atoms with E-state index in [1.807, 2.05) is 44.3 Å². The van der Waals surface area contributed by atoms with Gasteiger partial charge in [0, 0.05) is 31.9 Å². The van der Waals surface area contributed by atoms with Gasteiger partial charge in [-0.05, 0) is 62.4 Å². The summed E-state index contributed by atoms with van der Waals surface area (Å²) in [5, 5.41) is 16.9. The van der Waals surface area contributed by atoms with Crippen molar-refractivity contribution in [3.8, 4) is 5.75 Å². The maximum Gasteiger partial charge on any atom is 0.191 e. The Morgan fingerprint density at radius 1 is 1.21 bits per heavy atom.